The highest BCUT2D eigenvalue weighted by molar-refractivity contribution is 5.76. The zero-order valence-corrected chi connectivity index (χ0v) is 12.4. The van der Waals surface area contributed by atoms with Crippen molar-refractivity contribution in [2.75, 3.05) is 0 Å². The van der Waals surface area contributed by atoms with E-state index < -0.39 is 17.6 Å². The molecule has 0 saturated heterocycles. The minimum Gasteiger partial charge on any atom is -0.481 e. The fraction of sp³-hybridized carbons (Fsp3) is 0.429. The Morgan fingerprint density at radius 3 is 2.62 bits per heavy atom. The minimum atomic E-state index is -0.955. The number of aromatic nitrogens is 3. The molecule has 0 radical (unpaired) electrons. The van der Waals surface area contributed by atoms with E-state index in [9.17, 15) is 14.7 Å². The lowest BCUT2D eigenvalue weighted by Gasteiger charge is -2.17. The van der Waals surface area contributed by atoms with Crippen molar-refractivity contribution in [3.8, 4) is 0 Å². The van der Waals surface area contributed by atoms with Crippen molar-refractivity contribution in [3.05, 3.63) is 45.0 Å². The Balaban J connectivity index is 2.53. The molecule has 1 N–H and O–H groups in total. The van der Waals surface area contributed by atoms with Gasteiger partial charge in [-0.3, -0.25) is 9.36 Å². The number of hydrogen-bond donors (Lipinski definition) is 1. The molecule has 0 saturated carbocycles. The van der Waals surface area contributed by atoms with Gasteiger partial charge < -0.3 is 9.63 Å². The van der Waals surface area contributed by atoms with Crippen LogP contribution < -0.4 is 5.69 Å². The van der Waals surface area contributed by atoms with Gasteiger partial charge in [-0.25, -0.2) is 4.79 Å². The third kappa shape index (κ3) is 2.86. The zero-order valence-electron chi connectivity index (χ0n) is 12.4. The molecule has 0 spiro atoms. The topological polar surface area (TPSA) is 98.2 Å². The van der Waals surface area contributed by atoms with Crippen LogP contribution in [0.25, 0.3) is 0 Å². The number of carboxylic acids is 1. The molecule has 0 aliphatic heterocycles. The molecule has 112 valence electrons. The van der Waals surface area contributed by atoms with Gasteiger partial charge in [0, 0.05) is 23.0 Å². The largest absolute Gasteiger partial charge is 0.481 e. The molecule has 21 heavy (non-hydrogen) atoms. The number of aliphatic carboxylic acids is 1. The van der Waals surface area contributed by atoms with Gasteiger partial charge in [0.15, 0.2) is 5.76 Å². The van der Waals surface area contributed by atoms with Gasteiger partial charge in [0.25, 0.3) is 0 Å². The van der Waals surface area contributed by atoms with E-state index in [1.54, 1.807) is 33.8 Å². The molecule has 2 aromatic heterocycles. The van der Waals surface area contributed by atoms with Crippen LogP contribution in [0.5, 0.6) is 0 Å². The quantitative estimate of drug-likeness (QED) is 0.914. The Morgan fingerprint density at radius 2 is 2.10 bits per heavy atom. The van der Waals surface area contributed by atoms with E-state index in [-0.39, 0.29) is 6.54 Å². The van der Waals surface area contributed by atoms with Crippen molar-refractivity contribution in [3.63, 3.8) is 0 Å². The Hall–Kier alpha value is -2.44. The number of rotatable bonds is 4. The van der Waals surface area contributed by atoms with Crippen molar-refractivity contribution >= 4 is 5.97 Å². The number of hydrogen-bond acceptors (Lipinski definition) is 5. The third-order valence-electron chi connectivity index (χ3n) is 3.47. The molecular formula is C14H17N3O4. The molecule has 0 aliphatic carbocycles. The number of carboxylic acid groups (broad SMARTS) is 1. The molecule has 2 rings (SSSR count). The summed E-state index contributed by atoms with van der Waals surface area (Å²) in [5, 5.41) is 13.0. The molecule has 0 fully saturated rings. The van der Waals surface area contributed by atoms with E-state index in [0.717, 1.165) is 5.69 Å². The summed E-state index contributed by atoms with van der Waals surface area (Å²) in [6, 6.07) is 1.73. The van der Waals surface area contributed by atoms with Crippen molar-refractivity contribution in [1.29, 1.82) is 0 Å². The van der Waals surface area contributed by atoms with Crippen LogP contribution >= 0.6 is 0 Å². The molecule has 0 amide bonds. The van der Waals surface area contributed by atoms with E-state index in [4.69, 9.17) is 4.52 Å². The van der Waals surface area contributed by atoms with Gasteiger partial charge in [0.05, 0.1) is 18.2 Å². The lowest BCUT2D eigenvalue weighted by Crippen LogP contribution is -2.29. The first-order valence-corrected chi connectivity index (χ1v) is 6.54. The maximum Gasteiger partial charge on any atom is 0.348 e. The van der Waals surface area contributed by atoms with Crippen LogP contribution in [-0.2, 0) is 11.3 Å². The fourth-order valence-corrected chi connectivity index (χ4v) is 2.40. The van der Waals surface area contributed by atoms with Crippen molar-refractivity contribution in [1.82, 2.24) is 14.7 Å². The highest BCUT2D eigenvalue weighted by atomic mass is 16.5. The molecule has 2 aromatic rings. The normalized spacial score (nSPS) is 12.4. The molecular weight excluding hydrogens is 274 g/mol. The van der Waals surface area contributed by atoms with Crippen molar-refractivity contribution < 1.29 is 14.4 Å². The van der Waals surface area contributed by atoms with Crippen LogP contribution in [0, 0.1) is 20.8 Å². The molecule has 1 unspecified atom stereocenters. The van der Waals surface area contributed by atoms with Gasteiger partial charge in [0.1, 0.15) is 0 Å². The van der Waals surface area contributed by atoms with E-state index in [0.29, 0.717) is 22.7 Å². The predicted molar refractivity (Wildman–Crippen MR) is 74.4 cm³/mol. The van der Waals surface area contributed by atoms with Gasteiger partial charge in [-0.05, 0) is 27.7 Å². The average molecular weight is 291 g/mol. The van der Waals surface area contributed by atoms with E-state index >= 15 is 0 Å². The summed E-state index contributed by atoms with van der Waals surface area (Å²) in [5.41, 5.74) is 1.86. The minimum absolute atomic E-state index is 0.179. The molecule has 1 atom stereocenters. The van der Waals surface area contributed by atoms with Crippen LogP contribution in [0.1, 0.15) is 41.2 Å². The summed E-state index contributed by atoms with van der Waals surface area (Å²) in [5.74, 6) is -1.16. The first kappa shape index (κ1) is 15.0. The standard InChI is InChI=1S/C14H17N3O4/c1-7-5-11(21-16-7)6-17-10(4)12(8(2)13(18)19)9(3)15-14(17)20/h5,8H,6H2,1-4H3,(H,18,19). The first-order valence-electron chi connectivity index (χ1n) is 6.54. The molecule has 0 aliphatic rings. The highest BCUT2D eigenvalue weighted by Gasteiger charge is 2.22. The number of nitrogens with zero attached hydrogens (tertiary/aromatic N) is 3. The van der Waals surface area contributed by atoms with Gasteiger partial charge in [0.2, 0.25) is 0 Å². The maximum absolute atomic E-state index is 12.1. The van der Waals surface area contributed by atoms with Crippen LogP contribution in [0.15, 0.2) is 15.4 Å². The van der Waals surface area contributed by atoms with Crippen LogP contribution in [0.2, 0.25) is 0 Å². The Kier molecular flexibility index (Phi) is 3.93. The fourth-order valence-electron chi connectivity index (χ4n) is 2.40. The van der Waals surface area contributed by atoms with Crippen LogP contribution in [-0.4, -0.2) is 25.8 Å². The first-order chi connectivity index (χ1) is 9.81. The lowest BCUT2D eigenvalue weighted by molar-refractivity contribution is -0.138. The Bertz CT molecular complexity index is 745. The van der Waals surface area contributed by atoms with Gasteiger partial charge >= 0.3 is 11.7 Å². The van der Waals surface area contributed by atoms with Crippen molar-refractivity contribution in [2.24, 2.45) is 0 Å². The zero-order chi connectivity index (χ0) is 15.7. The number of carbonyl (C=O) groups is 1. The average Bonchev–Trinajstić information content (AvgIpc) is 2.79. The summed E-state index contributed by atoms with van der Waals surface area (Å²) in [6.07, 6.45) is 0. The second-order valence-electron chi connectivity index (χ2n) is 5.06. The maximum atomic E-state index is 12.1. The Morgan fingerprint density at radius 1 is 1.43 bits per heavy atom. The van der Waals surface area contributed by atoms with E-state index in [2.05, 4.69) is 10.1 Å². The lowest BCUT2D eigenvalue weighted by atomic mass is 9.98. The van der Waals surface area contributed by atoms with Gasteiger partial charge in [-0.2, -0.15) is 4.98 Å². The highest BCUT2D eigenvalue weighted by Crippen LogP contribution is 2.21. The summed E-state index contributed by atoms with van der Waals surface area (Å²) in [6.45, 7) is 6.90. The molecule has 0 aromatic carbocycles. The van der Waals surface area contributed by atoms with Gasteiger partial charge in [-0.1, -0.05) is 5.16 Å². The second kappa shape index (κ2) is 5.51. The monoisotopic (exact) mass is 291 g/mol. The second-order valence-corrected chi connectivity index (χ2v) is 5.06. The molecule has 0 bridgehead atoms. The van der Waals surface area contributed by atoms with E-state index in [1.807, 2.05) is 0 Å². The predicted octanol–water partition coefficient (Wildman–Crippen LogP) is 1.39. The summed E-state index contributed by atoms with van der Waals surface area (Å²) in [7, 11) is 0. The van der Waals surface area contributed by atoms with E-state index in [1.165, 1.54) is 4.57 Å². The molecule has 7 heteroatoms. The van der Waals surface area contributed by atoms with Crippen LogP contribution in [0.4, 0.5) is 0 Å². The van der Waals surface area contributed by atoms with Gasteiger partial charge in [-0.15, -0.1) is 0 Å². The summed E-state index contributed by atoms with van der Waals surface area (Å²) < 4.78 is 6.51. The third-order valence-corrected chi connectivity index (χ3v) is 3.47. The SMILES string of the molecule is Cc1cc(Cn2c(C)c(C(C)C(=O)O)c(C)nc2=O)on1. The Labute approximate surface area is 121 Å². The number of aryl methyl sites for hydroxylation is 2. The summed E-state index contributed by atoms with van der Waals surface area (Å²) in [4.78, 5) is 27.2. The smallest absolute Gasteiger partial charge is 0.348 e. The van der Waals surface area contributed by atoms with Crippen molar-refractivity contribution in [2.45, 2.75) is 40.2 Å². The molecule has 7 nitrogen and oxygen atoms in total. The van der Waals surface area contributed by atoms with Crippen LogP contribution in [0.3, 0.4) is 0 Å². The summed E-state index contributed by atoms with van der Waals surface area (Å²) >= 11 is 0. The molecule has 2 heterocycles.